The van der Waals surface area contributed by atoms with Crippen LogP contribution in [0.4, 0.5) is 0 Å². The third-order valence-corrected chi connectivity index (χ3v) is 2.49. The molecule has 0 aromatic heterocycles. The van der Waals surface area contributed by atoms with Crippen molar-refractivity contribution < 1.29 is 0 Å². The van der Waals surface area contributed by atoms with Crippen LogP contribution in [0.15, 0.2) is 23.8 Å². The molecule has 0 unspecified atom stereocenters. The minimum atomic E-state index is 0.362. The summed E-state index contributed by atoms with van der Waals surface area (Å²) in [6.07, 6.45) is 6.52. The maximum absolute atomic E-state index is 2.29. The molecule has 0 aromatic carbocycles. The van der Waals surface area contributed by atoms with Crippen molar-refractivity contribution >= 4 is 0 Å². The zero-order valence-electron chi connectivity index (χ0n) is 13.3. The van der Waals surface area contributed by atoms with Crippen molar-refractivity contribution in [2.75, 3.05) is 0 Å². The van der Waals surface area contributed by atoms with Gasteiger partial charge in [0.25, 0.3) is 0 Å². The maximum Gasteiger partial charge on any atom is -0.0145 e. The highest BCUT2D eigenvalue weighted by Crippen LogP contribution is 2.31. The Hall–Kier alpha value is -0.520. The van der Waals surface area contributed by atoms with E-state index in [2.05, 4.69) is 59.8 Å². The number of allylic oxidation sites excluding steroid dienone is 4. The Balaban J connectivity index is -0.000000376. The van der Waals surface area contributed by atoms with Crippen LogP contribution in [0.2, 0.25) is 0 Å². The lowest BCUT2D eigenvalue weighted by Crippen LogP contribution is -2.18. The Morgan fingerprint density at radius 1 is 0.938 bits per heavy atom. The van der Waals surface area contributed by atoms with Gasteiger partial charge in [-0.15, -0.1) is 0 Å². The SMILES string of the molecule is C/C=C\C(=C/C)[C@H](C)C(C)(C)C.CC.CC. The summed E-state index contributed by atoms with van der Waals surface area (Å²) in [4.78, 5) is 0. The highest BCUT2D eigenvalue weighted by molar-refractivity contribution is 5.21. The van der Waals surface area contributed by atoms with E-state index in [-0.39, 0.29) is 0 Å². The van der Waals surface area contributed by atoms with Gasteiger partial charge in [0.1, 0.15) is 0 Å². The number of hydrogen-bond donors (Lipinski definition) is 0. The van der Waals surface area contributed by atoms with E-state index in [9.17, 15) is 0 Å². The summed E-state index contributed by atoms with van der Waals surface area (Å²) in [5.41, 5.74) is 1.80. The van der Waals surface area contributed by atoms with Gasteiger partial charge in [-0.1, -0.05) is 73.6 Å². The third-order valence-electron chi connectivity index (χ3n) is 2.49. The van der Waals surface area contributed by atoms with Crippen LogP contribution in [0.5, 0.6) is 0 Å². The van der Waals surface area contributed by atoms with Gasteiger partial charge in [-0.05, 0) is 30.8 Å². The van der Waals surface area contributed by atoms with E-state index in [0.717, 1.165) is 0 Å². The van der Waals surface area contributed by atoms with E-state index >= 15 is 0 Å². The lowest BCUT2D eigenvalue weighted by Gasteiger charge is -2.28. The van der Waals surface area contributed by atoms with Gasteiger partial charge in [-0.3, -0.25) is 0 Å². The fourth-order valence-electron chi connectivity index (χ4n) is 1.18. The fraction of sp³-hybridized carbons (Fsp3) is 0.750. The van der Waals surface area contributed by atoms with Crippen molar-refractivity contribution in [2.24, 2.45) is 11.3 Å². The Labute approximate surface area is 105 Å². The second-order valence-electron chi connectivity index (χ2n) is 4.38. The molecule has 0 aliphatic heterocycles. The molecule has 0 spiro atoms. The van der Waals surface area contributed by atoms with E-state index in [1.807, 2.05) is 27.7 Å². The standard InChI is InChI=1S/C12H22.2C2H6/c1-7-9-11(8-2)10(3)12(4,5)6;2*1-2/h7-10H,1-6H3;2*1-2H3/b9-7-,11-8+;;/t10-;;/m0../s1. The van der Waals surface area contributed by atoms with Gasteiger partial charge < -0.3 is 0 Å². The normalized spacial score (nSPS) is 13.5. The van der Waals surface area contributed by atoms with E-state index < -0.39 is 0 Å². The van der Waals surface area contributed by atoms with Gasteiger partial charge in [0.2, 0.25) is 0 Å². The molecule has 16 heavy (non-hydrogen) atoms. The summed E-state index contributed by atoms with van der Waals surface area (Å²) in [5.74, 6) is 0.624. The molecule has 0 saturated carbocycles. The molecule has 0 rings (SSSR count). The Morgan fingerprint density at radius 3 is 1.50 bits per heavy atom. The van der Waals surface area contributed by atoms with Crippen molar-refractivity contribution in [3.8, 4) is 0 Å². The highest BCUT2D eigenvalue weighted by Gasteiger charge is 2.21. The van der Waals surface area contributed by atoms with Crippen LogP contribution < -0.4 is 0 Å². The summed E-state index contributed by atoms with van der Waals surface area (Å²) in [6, 6.07) is 0. The van der Waals surface area contributed by atoms with Crippen LogP contribution in [0, 0.1) is 11.3 Å². The van der Waals surface area contributed by atoms with E-state index in [4.69, 9.17) is 0 Å². The van der Waals surface area contributed by atoms with Crippen LogP contribution in [0.3, 0.4) is 0 Å². The second-order valence-corrected chi connectivity index (χ2v) is 4.38. The summed E-state index contributed by atoms with van der Waals surface area (Å²) in [6.45, 7) is 21.3. The van der Waals surface area contributed by atoms with Gasteiger partial charge in [-0.25, -0.2) is 0 Å². The molecule has 98 valence electrons. The first-order valence-electron chi connectivity index (χ1n) is 6.72. The molecule has 1 atom stereocenters. The molecule has 0 amide bonds. The molecule has 0 nitrogen and oxygen atoms in total. The summed E-state index contributed by atoms with van der Waals surface area (Å²) < 4.78 is 0. The largest absolute Gasteiger partial charge is 0.0874 e. The molecular weight excluding hydrogens is 192 g/mol. The predicted molar refractivity (Wildman–Crippen MR) is 79.9 cm³/mol. The average Bonchev–Trinajstić information content (AvgIpc) is 2.29. The monoisotopic (exact) mass is 226 g/mol. The molecular formula is C16H34. The minimum absolute atomic E-state index is 0.362. The van der Waals surface area contributed by atoms with Crippen LogP contribution in [-0.4, -0.2) is 0 Å². The topological polar surface area (TPSA) is 0 Å². The zero-order valence-corrected chi connectivity index (χ0v) is 13.3. The Kier molecular flexibility index (Phi) is 16.3. The van der Waals surface area contributed by atoms with Crippen LogP contribution in [0.1, 0.15) is 69.2 Å². The van der Waals surface area contributed by atoms with Crippen molar-refractivity contribution in [1.82, 2.24) is 0 Å². The van der Waals surface area contributed by atoms with Crippen molar-refractivity contribution in [1.29, 1.82) is 0 Å². The quantitative estimate of drug-likeness (QED) is 0.489. The van der Waals surface area contributed by atoms with Crippen LogP contribution in [-0.2, 0) is 0 Å². The molecule has 0 saturated heterocycles. The van der Waals surface area contributed by atoms with Gasteiger partial charge in [0, 0.05) is 0 Å². The smallest absolute Gasteiger partial charge is 0.0145 e. The first-order valence-corrected chi connectivity index (χ1v) is 6.72. The zero-order chi connectivity index (χ0) is 13.8. The molecule has 0 heteroatoms. The lowest BCUT2D eigenvalue weighted by molar-refractivity contribution is 0.304. The van der Waals surface area contributed by atoms with E-state index in [1.165, 1.54) is 5.57 Å². The summed E-state index contributed by atoms with van der Waals surface area (Å²) in [7, 11) is 0. The van der Waals surface area contributed by atoms with Gasteiger partial charge in [-0.2, -0.15) is 0 Å². The minimum Gasteiger partial charge on any atom is -0.0874 e. The molecule has 0 bridgehead atoms. The molecule has 0 fully saturated rings. The summed E-state index contributed by atoms with van der Waals surface area (Å²) >= 11 is 0. The van der Waals surface area contributed by atoms with Crippen molar-refractivity contribution in [3.05, 3.63) is 23.8 Å². The third kappa shape index (κ3) is 10.0. The van der Waals surface area contributed by atoms with Gasteiger partial charge in [0.15, 0.2) is 0 Å². The van der Waals surface area contributed by atoms with Gasteiger partial charge >= 0.3 is 0 Å². The predicted octanol–water partition coefficient (Wildman–Crippen LogP) is 6.24. The van der Waals surface area contributed by atoms with E-state index in [1.54, 1.807) is 0 Å². The highest BCUT2D eigenvalue weighted by atomic mass is 14.3. The molecule has 0 N–H and O–H groups in total. The van der Waals surface area contributed by atoms with Crippen molar-refractivity contribution in [2.45, 2.75) is 69.2 Å². The molecule has 0 aliphatic rings. The first kappa shape index (κ1) is 20.8. The van der Waals surface area contributed by atoms with Crippen molar-refractivity contribution in [3.63, 3.8) is 0 Å². The molecule has 0 aromatic rings. The first-order chi connectivity index (χ1) is 7.43. The fourth-order valence-corrected chi connectivity index (χ4v) is 1.18. The molecule has 0 aliphatic carbocycles. The lowest BCUT2D eigenvalue weighted by atomic mass is 9.77. The van der Waals surface area contributed by atoms with E-state index in [0.29, 0.717) is 11.3 Å². The Bertz CT molecular complexity index is 177. The number of hydrogen-bond acceptors (Lipinski definition) is 0. The Morgan fingerprint density at radius 2 is 1.31 bits per heavy atom. The second kappa shape index (κ2) is 12.5. The molecule has 0 heterocycles. The van der Waals surface area contributed by atoms with Crippen LogP contribution in [0.25, 0.3) is 0 Å². The number of rotatable bonds is 2. The van der Waals surface area contributed by atoms with Gasteiger partial charge in [0.05, 0.1) is 0 Å². The average molecular weight is 226 g/mol. The summed E-state index contributed by atoms with van der Waals surface area (Å²) in [5, 5.41) is 0. The van der Waals surface area contributed by atoms with Crippen LogP contribution >= 0.6 is 0 Å². The molecule has 0 radical (unpaired) electrons. The maximum atomic E-state index is 2.29.